The zero-order chi connectivity index (χ0) is 13.8. The van der Waals surface area contributed by atoms with Crippen LogP contribution in [0.2, 0.25) is 5.15 Å². The van der Waals surface area contributed by atoms with Crippen LogP contribution >= 0.6 is 11.6 Å². The number of methoxy groups -OCH3 is 2. The molecule has 19 heavy (non-hydrogen) atoms. The predicted octanol–water partition coefficient (Wildman–Crippen LogP) is 3.03. The molecule has 1 aromatic heterocycles. The van der Waals surface area contributed by atoms with Crippen LogP contribution in [0.1, 0.15) is 0 Å². The highest BCUT2D eigenvalue weighted by molar-refractivity contribution is 6.31. The Kier molecular flexibility index (Phi) is 4.01. The van der Waals surface area contributed by atoms with E-state index in [1.54, 1.807) is 6.07 Å². The van der Waals surface area contributed by atoms with E-state index in [1.165, 1.54) is 32.7 Å². The van der Waals surface area contributed by atoms with E-state index in [1.807, 2.05) is 0 Å². The molecule has 0 saturated carbocycles. The van der Waals surface area contributed by atoms with E-state index in [4.69, 9.17) is 21.1 Å². The van der Waals surface area contributed by atoms with Gasteiger partial charge in [0.25, 0.3) is 0 Å². The van der Waals surface area contributed by atoms with E-state index in [0.29, 0.717) is 17.3 Å². The van der Waals surface area contributed by atoms with Crippen LogP contribution in [0.5, 0.6) is 11.5 Å². The molecule has 0 saturated heterocycles. The lowest BCUT2D eigenvalue weighted by atomic mass is 10.3. The summed E-state index contributed by atoms with van der Waals surface area (Å²) in [7, 11) is 2.85. The monoisotopic (exact) mass is 283 g/mol. The van der Waals surface area contributed by atoms with Crippen LogP contribution in [-0.2, 0) is 0 Å². The lowest BCUT2D eigenvalue weighted by molar-refractivity contribution is 0.387. The molecule has 1 N–H and O–H groups in total. The maximum Gasteiger partial charge on any atom is 0.199 e. The topological polar surface area (TPSA) is 56.3 Å². The highest BCUT2D eigenvalue weighted by Gasteiger charge is 2.11. The number of nitrogens with one attached hydrogen (secondary N) is 1. The molecule has 0 atom stereocenters. The molecule has 2 aromatic rings. The number of hydrogen-bond acceptors (Lipinski definition) is 5. The summed E-state index contributed by atoms with van der Waals surface area (Å²) < 4.78 is 23.3. The molecule has 0 spiro atoms. The molecule has 0 aliphatic rings. The molecule has 0 amide bonds. The van der Waals surface area contributed by atoms with Gasteiger partial charge in [0.2, 0.25) is 0 Å². The maximum absolute atomic E-state index is 13.3. The van der Waals surface area contributed by atoms with E-state index in [0.717, 1.165) is 0 Å². The van der Waals surface area contributed by atoms with Gasteiger partial charge in [0.1, 0.15) is 6.33 Å². The van der Waals surface area contributed by atoms with Crippen molar-refractivity contribution in [1.29, 1.82) is 0 Å². The van der Waals surface area contributed by atoms with Gasteiger partial charge in [-0.05, 0) is 12.1 Å². The van der Waals surface area contributed by atoms with Gasteiger partial charge in [-0.3, -0.25) is 0 Å². The number of rotatable bonds is 4. The summed E-state index contributed by atoms with van der Waals surface area (Å²) in [6.45, 7) is 0. The molecule has 7 heteroatoms. The van der Waals surface area contributed by atoms with Gasteiger partial charge in [0.15, 0.2) is 28.3 Å². The Morgan fingerprint density at radius 2 is 2.00 bits per heavy atom. The van der Waals surface area contributed by atoms with Crippen LogP contribution in [0.25, 0.3) is 0 Å². The molecule has 0 fully saturated rings. The molecule has 0 aliphatic heterocycles. The molecular formula is C12H11ClFN3O2. The number of benzene rings is 1. The smallest absolute Gasteiger partial charge is 0.199 e. The van der Waals surface area contributed by atoms with E-state index in [2.05, 4.69) is 15.3 Å². The minimum Gasteiger partial charge on any atom is -0.494 e. The molecule has 1 aromatic carbocycles. The van der Waals surface area contributed by atoms with Gasteiger partial charge in [-0.25, -0.2) is 14.4 Å². The first-order valence-corrected chi connectivity index (χ1v) is 5.68. The SMILES string of the molecule is COc1cc(Nc2ncnc(Cl)c2OC)ccc1F. The summed E-state index contributed by atoms with van der Waals surface area (Å²) in [4.78, 5) is 7.82. The van der Waals surface area contributed by atoms with E-state index < -0.39 is 5.82 Å². The van der Waals surface area contributed by atoms with Gasteiger partial charge in [-0.1, -0.05) is 11.6 Å². The summed E-state index contributed by atoms with van der Waals surface area (Å²) in [5.74, 6) is 0.383. The number of aromatic nitrogens is 2. The molecule has 1 heterocycles. The largest absolute Gasteiger partial charge is 0.494 e. The Hall–Kier alpha value is -2.08. The Bertz CT molecular complexity index is 595. The van der Waals surface area contributed by atoms with Crippen molar-refractivity contribution in [2.24, 2.45) is 0 Å². The van der Waals surface area contributed by atoms with E-state index in [-0.39, 0.29) is 10.9 Å². The van der Waals surface area contributed by atoms with Crippen LogP contribution in [0, 0.1) is 5.82 Å². The second kappa shape index (κ2) is 5.71. The minimum atomic E-state index is -0.444. The number of ether oxygens (including phenoxy) is 2. The van der Waals surface area contributed by atoms with Gasteiger partial charge >= 0.3 is 0 Å². The number of anilines is 2. The third-order valence-corrected chi connectivity index (χ3v) is 2.65. The average Bonchev–Trinajstić information content (AvgIpc) is 2.41. The highest BCUT2D eigenvalue weighted by atomic mass is 35.5. The van der Waals surface area contributed by atoms with Crippen LogP contribution in [0.4, 0.5) is 15.9 Å². The van der Waals surface area contributed by atoms with Crippen molar-refractivity contribution >= 4 is 23.1 Å². The van der Waals surface area contributed by atoms with Crippen molar-refractivity contribution in [1.82, 2.24) is 9.97 Å². The van der Waals surface area contributed by atoms with Crippen molar-refractivity contribution < 1.29 is 13.9 Å². The summed E-state index contributed by atoms with van der Waals surface area (Å²) in [6.07, 6.45) is 1.30. The number of nitrogens with zero attached hydrogens (tertiary/aromatic N) is 2. The zero-order valence-electron chi connectivity index (χ0n) is 10.3. The molecule has 0 unspecified atom stereocenters. The van der Waals surface area contributed by atoms with Crippen LogP contribution in [-0.4, -0.2) is 24.2 Å². The predicted molar refractivity (Wildman–Crippen MR) is 69.8 cm³/mol. The summed E-state index contributed by atoms with van der Waals surface area (Å²) in [5, 5.41) is 3.15. The molecule has 100 valence electrons. The third kappa shape index (κ3) is 2.85. The first-order valence-electron chi connectivity index (χ1n) is 5.30. The third-order valence-electron chi connectivity index (χ3n) is 2.38. The molecular weight excluding hydrogens is 273 g/mol. The van der Waals surface area contributed by atoms with Crippen LogP contribution in [0.3, 0.4) is 0 Å². The average molecular weight is 284 g/mol. The van der Waals surface area contributed by atoms with Gasteiger partial charge < -0.3 is 14.8 Å². The number of hydrogen-bond donors (Lipinski definition) is 1. The fourth-order valence-corrected chi connectivity index (χ4v) is 1.71. The van der Waals surface area contributed by atoms with Crippen LogP contribution in [0.15, 0.2) is 24.5 Å². The molecule has 0 bridgehead atoms. The second-order valence-corrected chi connectivity index (χ2v) is 3.88. The van der Waals surface area contributed by atoms with Crippen molar-refractivity contribution in [3.63, 3.8) is 0 Å². The van der Waals surface area contributed by atoms with E-state index in [9.17, 15) is 4.39 Å². The van der Waals surface area contributed by atoms with Crippen molar-refractivity contribution in [3.8, 4) is 11.5 Å². The summed E-state index contributed by atoms with van der Waals surface area (Å²) in [5.41, 5.74) is 0.589. The molecule has 0 radical (unpaired) electrons. The lowest BCUT2D eigenvalue weighted by Crippen LogP contribution is -2.00. The standard InChI is InChI=1S/C12H11ClFN3O2/c1-18-9-5-7(3-4-8(9)14)17-12-10(19-2)11(13)15-6-16-12/h3-6H,1-2H3,(H,15,16,17). The van der Waals surface area contributed by atoms with Crippen LogP contribution < -0.4 is 14.8 Å². The van der Waals surface area contributed by atoms with Gasteiger partial charge in [-0.2, -0.15) is 0 Å². The quantitative estimate of drug-likeness (QED) is 0.874. The summed E-state index contributed by atoms with van der Waals surface area (Å²) >= 11 is 5.88. The Morgan fingerprint density at radius 1 is 1.21 bits per heavy atom. The van der Waals surface area contributed by atoms with Gasteiger partial charge in [-0.15, -0.1) is 0 Å². The molecule has 5 nitrogen and oxygen atoms in total. The van der Waals surface area contributed by atoms with Crippen molar-refractivity contribution in [3.05, 3.63) is 35.5 Å². The van der Waals surface area contributed by atoms with Crippen molar-refractivity contribution in [2.45, 2.75) is 0 Å². The summed E-state index contributed by atoms with van der Waals surface area (Å²) in [6, 6.07) is 4.34. The van der Waals surface area contributed by atoms with Gasteiger partial charge in [0, 0.05) is 11.8 Å². The first kappa shape index (κ1) is 13.4. The fraction of sp³-hybridized carbons (Fsp3) is 0.167. The molecule has 0 aliphatic carbocycles. The molecule has 2 rings (SSSR count). The minimum absolute atomic E-state index is 0.129. The second-order valence-electron chi connectivity index (χ2n) is 3.52. The van der Waals surface area contributed by atoms with Gasteiger partial charge in [0.05, 0.1) is 14.2 Å². The maximum atomic E-state index is 13.3. The zero-order valence-corrected chi connectivity index (χ0v) is 11.0. The number of halogens is 2. The fourth-order valence-electron chi connectivity index (χ4n) is 1.50. The normalized spacial score (nSPS) is 10.1. The Labute approximate surface area is 114 Å². The van der Waals surface area contributed by atoms with Crippen molar-refractivity contribution in [2.75, 3.05) is 19.5 Å². The Balaban J connectivity index is 2.33. The highest BCUT2D eigenvalue weighted by Crippen LogP contribution is 2.31. The van der Waals surface area contributed by atoms with E-state index >= 15 is 0 Å². The first-order chi connectivity index (χ1) is 9.15. The lowest BCUT2D eigenvalue weighted by Gasteiger charge is -2.11. The Morgan fingerprint density at radius 3 is 2.68 bits per heavy atom.